The van der Waals surface area contributed by atoms with Gasteiger partial charge in [-0.25, -0.2) is 9.37 Å². The van der Waals surface area contributed by atoms with Crippen LogP contribution in [0.15, 0.2) is 24.3 Å². The molecule has 5 heteroatoms. The van der Waals surface area contributed by atoms with Crippen LogP contribution in [-0.2, 0) is 13.0 Å². The Morgan fingerprint density at radius 2 is 2.05 bits per heavy atom. The fraction of sp³-hybridized carbons (Fsp3) is 0.286. The fourth-order valence-corrected chi connectivity index (χ4v) is 1.84. The van der Waals surface area contributed by atoms with E-state index in [9.17, 15) is 4.39 Å². The van der Waals surface area contributed by atoms with Crippen LogP contribution in [0.3, 0.4) is 0 Å². The Labute approximate surface area is 111 Å². The molecule has 0 saturated heterocycles. The van der Waals surface area contributed by atoms with Crippen molar-refractivity contribution in [1.29, 1.82) is 0 Å². The van der Waals surface area contributed by atoms with Crippen molar-refractivity contribution in [3.05, 3.63) is 52.7 Å². The fourth-order valence-electron chi connectivity index (χ4n) is 1.84. The highest BCUT2D eigenvalue weighted by Gasteiger charge is 2.06. The van der Waals surface area contributed by atoms with E-state index in [1.54, 1.807) is 26.2 Å². The summed E-state index contributed by atoms with van der Waals surface area (Å²) in [4.78, 5) is 8.46. The Bertz CT molecular complexity index is 565. The van der Waals surface area contributed by atoms with E-state index >= 15 is 0 Å². The number of methoxy groups -OCH3 is 1. The number of hydrogen-bond acceptors (Lipinski definition) is 4. The third kappa shape index (κ3) is 3.26. The zero-order chi connectivity index (χ0) is 13.8. The first kappa shape index (κ1) is 13.4. The van der Waals surface area contributed by atoms with E-state index in [-0.39, 0.29) is 12.4 Å². The molecule has 0 radical (unpaired) electrons. The largest absolute Gasteiger partial charge is 0.481 e. The van der Waals surface area contributed by atoms with Crippen molar-refractivity contribution in [2.45, 2.75) is 19.9 Å². The molecule has 0 saturated carbocycles. The van der Waals surface area contributed by atoms with E-state index in [0.29, 0.717) is 23.7 Å². The predicted octanol–water partition coefficient (Wildman–Crippen LogP) is 1.98. The Morgan fingerprint density at radius 1 is 1.26 bits per heavy atom. The first-order valence-electron chi connectivity index (χ1n) is 5.98. The molecule has 0 bridgehead atoms. The van der Waals surface area contributed by atoms with Gasteiger partial charge in [0.1, 0.15) is 11.6 Å². The molecule has 0 amide bonds. The number of benzene rings is 1. The Kier molecular flexibility index (Phi) is 4.06. The van der Waals surface area contributed by atoms with Gasteiger partial charge < -0.3 is 10.5 Å². The van der Waals surface area contributed by atoms with Crippen molar-refractivity contribution in [3.63, 3.8) is 0 Å². The van der Waals surface area contributed by atoms with Gasteiger partial charge in [0.25, 0.3) is 0 Å². The van der Waals surface area contributed by atoms with Crippen molar-refractivity contribution in [2.24, 2.45) is 5.73 Å². The van der Waals surface area contributed by atoms with Crippen LogP contribution >= 0.6 is 0 Å². The topological polar surface area (TPSA) is 61.0 Å². The van der Waals surface area contributed by atoms with Gasteiger partial charge >= 0.3 is 0 Å². The Balaban J connectivity index is 2.29. The van der Waals surface area contributed by atoms with Gasteiger partial charge in [0.15, 0.2) is 0 Å². The summed E-state index contributed by atoms with van der Waals surface area (Å²) in [6.45, 7) is 2.00. The van der Waals surface area contributed by atoms with Gasteiger partial charge in [0.05, 0.1) is 19.3 Å². The lowest BCUT2D eigenvalue weighted by molar-refractivity contribution is 0.394. The molecule has 0 fully saturated rings. The lowest BCUT2D eigenvalue weighted by Gasteiger charge is -2.07. The monoisotopic (exact) mass is 261 g/mol. The summed E-state index contributed by atoms with van der Waals surface area (Å²) in [6.07, 6.45) is 0.590. The van der Waals surface area contributed by atoms with Crippen LogP contribution in [0.1, 0.15) is 22.6 Å². The molecule has 2 aromatic rings. The summed E-state index contributed by atoms with van der Waals surface area (Å²) in [5.74, 6) is 0.823. The molecule has 1 heterocycles. The van der Waals surface area contributed by atoms with Crippen molar-refractivity contribution < 1.29 is 9.13 Å². The summed E-state index contributed by atoms with van der Waals surface area (Å²) in [5.41, 5.74) is 7.96. The second-order valence-corrected chi connectivity index (χ2v) is 4.28. The average molecular weight is 261 g/mol. The highest BCUT2D eigenvalue weighted by atomic mass is 19.1. The summed E-state index contributed by atoms with van der Waals surface area (Å²) >= 11 is 0. The second-order valence-electron chi connectivity index (χ2n) is 4.28. The van der Waals surface area contributed by atoms with Gasteiger partial charge in [-0.3, -0.25) is 0 Å². The maximum absolute atomic E-state index is 13.2. The maximum atomic E-state index is 13.2. The third-order valence-corrected chi connectivity index (χ3v) is 2.80. The first-order chi connectivity index (χ1) is 9.12. The molecule has 4 nitrogen and oxygen atoms in total. The number of nitrogens with two attached hydrogens (primary N) is 1. The minimum atomic E-state index is -0.202. The van der Waals surface area contributed by atoms with Gasteiger partial charge in [0, 0.05) is 12.5 Å². The molecule has 1 aromatic carbocycles. The number of halogens is 1. The van der Waals surface area contributed by atoms with E-state index in [4.69, 9.17) is 10.5 Å². The van der Waals surface area contributed by atoms with Crippen LogP contribution in [0, 0.1) is 12.7 Å². The second kappa shape index (κ2) is 5.75. The molecule has 0 atom stereocenters. The normalized spacial score (nSPS) is 10.5. The van der Waals surface area contributed by atoms with Crippen molar-refractivity contribution in [1.82, 2.24) is 9.97 Å². The average Bonchev–Trinajstić information content (AvgIpc) is 2.42. The van der Waals surface area contributed by atoms with Gasteiger partial charge in [-0.15, -0.1) is 0 Å². The zero-order valence-electron chi connectivity index (χ0n) is 11.0. The highest BCUT2D eigenvalue weighted by molar-refractivity contribution is 5.29. The SMILES string of the molecule is COc1cc(Cc2ccc(F)c(C)c2)nc(CN)n1. The number of nitrogens with zero attached hydrogens (tertiary/aromatic N) is 2. The van der Waals surface area contributed by atoms with Gasteiger partial charge in [-0.2, -0.15) is 4.98 Å². The predicted molar refractivity (Wildman–Crippen MR) is 70.4 cm³/mol. The number of aryl methyl sites for hydroxylation is 1. The first-order valence-corrected chi connectivity index (χ1v) is 5.98. The van der Waals surface area contributed by atoms with Crippen LogP contribution in [0.25, 0.3) is 0 Å². The Hall–Kier alpha value is -2.01. The van der Waals surface area contributed by atoms with Gasteiger partial charge in [-0.05, 0) is 24.1 Å². The smallest absolute Gasteiger partial charge is 0.216 e. The van der Waals surface area contributed by atoms with Gasteiger partial charge in [0.2, 0.25) is 5.88 Å². The standard InChI is InChI=1S/C14H16FN3O/c1-9-5-10(3-4-12(9)15)6-11-7-14(19-2)18-13(8-16)17-11/h3-5,7H,6,8,16H2,1-2H3. The van der Waals surface area contributed by atoms with Crippen LogP contribution < -0.4 is 10.5 Å². The molecular formula is C14H16FN3O. The summed E-state index contributed by atoms with van der Waals surface area (Å²) < 4.78 is 18.3. The van der Waals surface area contributed by atoms with E-state index in [0.717, 1.165) is 11.3 Å². The number of aromatic nitrogens is 2. The summed E-state index contributed by atoms with van der Waals surface area (Å²) in [5, 5.41) is 0. The van der Waals surface area contributed by atoms with E-state index < -0.39 is 0 Å². The third-order valence-electron chi connectivity index (χ3n) is 2.80. The number of ether oxygens (including phenoxy) is 1. The molecule has 19 heavy (non-hydrogen) atoms. The minimum absolute atomic E-state index is 0.202. The molecule has 2 N–H and O–H groups in total. The quantitative estimate of drug-likeness (QED) is 0.914. The zero-order valence-corrected chi connectivity index (χ0v) is 11.0. The van der Waals surface area contributed by atoms with Gasteiger partial charge in [-0.1, -0.05) is 12.1 Å². The van der Waals surface area contributed by atoms with Crippen LogP contribution in [0.5, 0.6) is 5.88 Å². The van der Waals surface area contributed by atoms with E-state index in [1.165, 1.54) is 6.07 Å². The van der Waals surface area contributed by atoms with E-state index in [2.05, 4.69) is 9.97 Å². The van der Waals surface area contributed by atoms with Crippen molar-refractivity contribution in [3.8, 4) is 5.88 Å². The molecule has 0 aliphatic heterocycles. The molecule has 2 rings (SSSR count). The minimum Gasteiger partial charge on any atom is -0.481 e. The molecule has 0 unspecified atom stereocenters. The molecule has 0 aliphatic carbocycles. The molecule has 0 spiro atoms. The van der Waals surface area contributed by atoms with Crippen molar-refractivity contribution in [2.75, 3.05) is 7.11 Å². The van der Waals surface area contributed by atoms with Crippen LogP contribution in [0.4, 0.5) is 4.39 Å². The highest BCUT2D eigenvalue weighted by Crippen LogP contribution is 2.15. The lowest BCUT2D eigenvalue weighted by Crippen LogP contribution is -2.07. The molecular weight excluding hydrogens is 245 g/mol. The Morgan fingerprint density at radius 3 is 2.68 bits per heavy atom. The summed E-state index contributed by atoms with van der Waals surface area (Å²) in [6, 6.07) is 6.79. The van der Waals surface area contributed by atoms with Crippen molar-refractivity contribution >= 4 is 0 Å². The molecule has 0 aliphatic rings. The number of rotatable bonds is 4. The summed E-state index contributed by atoms with van der Waals surface area (Å²) in [7, 11) is 1.55. The van der Waals surface area contributed by atoms with E-state index in [1.807, 2.05) is 6.07 Å². The molecule has 100 valence electrons. The number of hydrogen-bond donors (Lipinski definition) is 1. The maximum Gasteiger partial charge on any atom is 0.216 e. The van der Waals surface area contributed by atoms with Crippen LogP contribution in [0.2, 0.25) is 0 Å². The van der Waals surface area contributed by atoms with Crippen LogP contribution in [-0.4, -0.2) is 17.1 Å². The molecule has 1 aromatic heterocycles. The lowest BCUT2D eigenvalue weighted by atomic mass is 10.1.